The van der Waals surface area contributed by atoms with Crippen molar-refractivity contribution in [1.82, 2.24) is 5.43 Å². The number of amides is 1. The van der Waals surface area contributed by atoms with Gasteiger partial charge in [-0.15, -0.1) is 0 Å². The van der Waals surface area contributed by atoms with E-state index >= 15 is 0 Å². The Hall–Kier alpha value is -4.41. The van der Waals surface area contributed by atoms with Gasteiger partial charge in [-0.1, -0.05) is 6.07 Å². The molecule has 2 N–H and O–H groups in total. The number of rotatable bonds is 8. The van der Waals surface area contributed by atoms with Crippen LogP contribution in [-0.4, -0.2) is 41.3 Å². The standard InChI is InChI=1S/C20H17N3O8/c1-11(20(25)26)30-18-12(4-3-5-16(18)29-2)10-21-22-19(24)17-9-13-8-14(23(27)28)6-7-15(13)31-17/h3-11H,1-2H3,(H,22,24)(H,25,26)/b21-10-/t11-/m0/s1. The van der Waals surface area contributed by atoms with Crippen LogP contribution in [0.5, 0.6) is 11.5 Å². The number of aliphatic carboxylic acids is 1. The number of carbonyl (C=O) groups is 2. The van der Waals surface area contributed by atoms with E-state index in [0.717, 1.165) is 0 Å². The van der Waals surface area contributed by atoms with Crippen molar-refractivity contribution in [3.63, 3.8) is 0 Å². The number of carbonyl (C=O) groups excluding carboxylic acids is 1. The lowest BCUT2D eigenvalue weighted by molar-refractivity contribution is -0.384. The molecule has 1 heterocycles. The van der Waals surface area contributed by atoms with Crippen molar-refractivity contribution >= 4 is 34.7 Å². The molecule has 31 heavy (non-hydrogen) atoms. The van der Waals surface area contributed by atoms with Crippen molar-refractivity contribution in [2.75, 3.05) is 7.11 Å². The molecule has 11 heteroatoms. The Morgan fingerprint density at radius 1 is 1.29 bits per heavy atom. The van der Waals surface area contributed by atoms with Crippen LogP contribution in [0.4, 0.5) is 5.69 Å². The highest BCUT2D eigenvalue weighted by Crippen LogP contribution is 2.31. The highest BCUT2D eigenvalue weighted by atomic mass is 16.6. The van der Waals surface area contributed by atoms with Gasteiger partial charge in [-0.05, 0) is 31.2 Å². The average molecular weight is 427 g/mol. The normalized spacial score (nSPS) is 11.9. The van der Waals surface area contributed by atoms with Crippen LogP contribution in [0.1, 0.15) is 23.0 Å². The van der Waals surface area contributed by atoms with Gasteiger partial charge in [0.2, 0.25) is 0 Å². The van der Waals surface area contributed by atoms with Gasteiger partial charge in [0.05, 0.1) is 18.2 Å². The first-order chi connectivity index (χ1) is 14.8. The Morgan fingerprint density at radius 2 is 2.06 bits per heavy atom. The average Bonchev–Trinajstić information content (AvgIpc) is 3.18. The van der Waals surface area contributed by atoms with Crippen molar-refractivity contribution in [3.05, 3.63) is 63.9 Å². The van der Waals surface area contributed by atoms with Gasteiger partial charge in [-0.3, -0.25) is 14.9 Å². The summed E-state index contributed by atoms with van der Waals surface area (Å²) in [6.45, 7) is 1.36. The third-order valence-corrected chi connectivity index (χ3v) is 4.18. The molecule has 0 unspecified atom stereocenters. The summed E-state index contributed by atoms with van der Waals surface area (Å²) in [6.07, 6.45) is 0.121. The maximum Gasteiger partial charge on any atom is 0.344 e. The zero-order valence-electron chi connectivity index (χ0n) is 16.4. The van der Waals surface area contributed by atoms with Gasteiger partial charge in [0.1, 0.15) is 5.58 Å². The number of non-ortho nitro benzene ring substituents is 1. The Morgan fingerprint density at radius 3 is 2.74 bits per heavy atom. The molecule has 0 bridgehead atoms. The van der Waals surface area contributed by atoms with Crippen molar-refractivity contribution in [2.45, 2.75) is 13.0 Å². The topological polar surface area (TPSA) is 154 Å². The number of nitro groups is 1. The molecule has 160 valence electrons. The number of furan rings is 1. The largest absolute Gasteiger partial charge is 0.493 e. The third kappa shape index (κ3) is 4.78. The van der Waals surface area contributed by atoms with Gasteiger partial charge in [0.25, 0.3) is 5.69 Å². The predicted molar refractivity (Wildman–Crippen MR) is 109 cm³/mol. The molecule has 0 aliphatic heterocycles. The van der Waals surface area contributed by atoms with E-state index in [0.29, 0.717) is 22.3 Å². The molecule has 11 nitrogen and oxygen atoms in total. The Bertz CT molecular complexity index is 1180. The second-order valence-corrected chi connectivity index (χ2v) is 6.27. The summed E-state index contributed by atoms with van der Waals surface area (Å²) in [4.78, 5) is 33.7. The highest BCUT2D eigenvalue weighted by Gasteiger charge is 2.18. The lowest BCUT2D eigenvalue weighted by Gasteiger charge is -2.15. The van der Waals surface area contributed by atoms with Crippen molar-refractivity contribution in [1.29, 1.82) is 0 Å². The fourth-order valence-corrected chi connectivity index (χ4v) is 2.62. The van der Waals surface area contributed by atoms with Crippen molar-refractivity contribution < 1.29 is 33.5 Å². The van der Waals surface area contributed by atoms with Gasteiger partial charge in [-0.25, -0.2) is 10.2 Å². The van der Waals surface area contributed by atoms with Crippen LogP contribution in [0.25, 0.3) is 11.0 Å². The van der Waals surface area contributed by atoms with Crippen LogP contribution in [0.3, 0.4) is 0 Å². The van der Waals surface area contributed by atoms with Crippen LogP contribution >= 0.6 is 0 Å². The summed E-state index contributed by atoms with van der Waals surface area (Å²) in [5.41, 5.74) is 2.83. The van der Waals surface area contributed by atoms with Crippen LogP contribution in [-0.2, 0) is 4.79 Å². The molecule has 0 saturated carbocycles. The summed E-state index contributed by atoms with van der Waals surface area (Å²) >= 11 is 0. The Kier molecular flexibility index (Phi) is 6.15. The van der Waals surface area contributed by atoms with Gasteiger partial charge >= 0.3 is 11.9 Å². The summed E-state index contributed by atoms with van der Waals surface area (Å²) in [7, 11) is 1.40. The number of benzene rings is 2. The van der Waals surface area contributed by atoms with Crippen molar-refractivity contribution in [3.8, 4) is 11.5 Å². The molecule has 0 saturated heterocycles. The molecular weight excluding hydrogens is 410 g/mol. The molecule has 0 aliphatic carbocycles. The molecule has 0 aliphatic rings. The first kappa shape index (κ1) is 21.3. The van der Waals surface area contributed by atoms with E-state index in [1.54, 1.807) is 18.2 Å². The molecule has 1 aromatic heterocycles. The molecule has 0 spiro atoms. The Balaban J connectivity index is 1.78. The zero-order valence-corrected chi connectivity index (χ0v) is 16.4. The fourth-order valence-electron chi connectivity index (χ4n) is 2.62. The minimum atomic E-state index is -1.16. The number of hydrogen-bond donors (Lipinski definition) is 2. The number of ether oxygens (including phenoxy) is 2. The summed E-state index contributed by atoms with van der Waals surface area (Å²) < 4.78 is 16.0. The van der Waals surface area contributed by atoms with E-state index in [1.807, 2.05) is 0 Å². The van der Waals surface area contributed by atoms with Crippen LogP contribution in [0.2, 0.25) is 0 Å². The summed E-state index contributed by atoms with van der Waals surface area (Å²) in [5, 5.41) is 24.2. The molecule has 3 aromatic rings. The first-order valence-electron chi connectivity index (χ1n) is 8.88. The lowest BCUT2D eigenvalue weighted by Crippen LogP contribution is -2.23. The van der Waals surface area contributed by atoms with Crippen LogP contribution in [0.15, 0.2) is 52.0 Å². The number of nitro benzene ring substituents is 1. The zero-order chi connectivity index (χ0) is 22.5. The van der Waals surface area contributed by atoms with Gasteiger partial charge in [0, 0.05) is 23.1 Å². The number of carboxylic acids is 1. The number of hydrogen-bond acceptors (Lipinski definition) is 8. The monoisotopic (exact) mass is 427 g/mol. The summed E-state index contributed by atoms with van der Waals surface area (Å²) in [6, 6.07) is 10.2. The molecule has 0 fully saturated rings. The minimum Gasteiger partial charge on any atom is -0.493 e. The van der Waals surface area contributed by atoms with Gasteiger partial charge in [0.15, 0.2) is 23.4 Å². The molecule has 1 atom stereocenters. The number of para-hydroxylation sites is 1. The molecule has 3 rings (SSSR count). The number of carboxylic acid groups (broad SMARTS) is 1. The Labute approximate surface area is 175 Å². The van der Waals surface area contributed by atoms with E-state index in [1.165, 1.54) is 44.5 Å². The summed E-state index contributed by atoms with van der Waals surface area (Å²) in [5.74, 6) is -1.49. The second-order valence-electron chi connectivity index (χ2n) is 6.27. The molecule has 2 aromatic carbocycles. The molecular formula is C20H17N3O8. The van der Waals surface area contributed by atoms with E-state index < -0.39 is 22.9 Å². The number of nitrogens with one attached hydrogen (secondary N) is 1. The van der Waals surface area contributed by atoms with Crippen LogP contribution in [0, 0.1) is 10.1 Å². The van der Waals surface area contributed by atoms with Crippen molar-refractivity contribution in [2.24, 2.45) is 5.10 Å². The molecule has 1 amide bonds. The van der Waals surface area contributed by atoms with E-state index in [9.17, 15) is 19.7 Å². The number of hydrazone groups is 1. The maximum absolute atomic E-state index is 12.3. The SMILES string of the molecule is COc1cccc(/C=N\NC(=O)c2cc3cc([N+](=O)[O-])ccc3o2)c1O[C@@H](C)C(=O)O. The number of nitrogens with zero attached hydrogens (tertiary/aromatic N) is 2. The van der Waals surface area contributed by atoms with Crippen LogP contribution < -0.4 is 14.9 Å². The van der Waals surface area contributed by atoms with Gasteiger partial charge in [-0.2, -0.15) is 5.10 Å². The smallest absolute Gasteiger partial charge is 0.344 e. The lowest BCUT2D eigenvalue weighted by atomic mass is 10.2. The van der Waals surface area contributed by atoms with E-state index in [2.05, 4.69) is 10.5 Å². The maximum atomic E-state index is 12.3. The van der Waals surface area contributed by atoms with E-state index in [4.69, 9.17) is 19.0 Å². The first-order valence-corrected chi connectivity index (χ1v) is 8.88. The predicted octanol–water partition coefficient (Wildman–Crippen LogP) is 2.97. The van der Waals surface area contributed by atoms with E-state index in [-0.39, 0.29) is 17.2 Å². The second kappa shape index (κ2) is 8.95. The quantitative estimate of drug-likeness (QED) is 0.316. The van der Waals surface area contributed by atoms with Gasteiger partial charge < -0.3 is 19.0 Å². The number of methoxy groups -OCH3 is 1. The highest BCUT2D eigenvalue weighted by molar-refractivity contribution is 5.97. The fraction of sp³-hybridized carbons (Fsp3) is 0.150. The molecule has 0 radical (unpaired) electrons. The number of fused-ring (bicyclic) bond motifs is 1. The third-order valence-electron chi connectivity index (χ3n) is 4.18. The minimum absolute atomic E-state index is 0.0886.